The molecule has 1 aromatic heterocycles. The Morgan fingerprint density at radius 2 is 1.84 bits per heavy atom. The lowest BCUT2D eigenvalue weighted by atomic mass is 10.0. The summed E-state index contributed by atoms with van der Waals surface area (Å²) >= 11 is 0. The lowest BCUT2D eigenvalue weighted by molar-refractivity contribution is 0.168. The fourth-order valence-corrected chi connectivity index (χ4v) is 4.57. The summed E-state index contributed by atoms with van der Waals surface area (Å²) in [5, 5.41) is 4.24. The van der Waals surface area contributed by atoms with Crippen molar-refractivity contribution in [3.63, 3.8) is 0 Å². The van der Waals surface area contributed by atoms with E-state index >= 15 is 0 Å². The summed E-state index contributed by atoms with van der Waals surface area (Å²) in [4.78, 5) is 21.2. The molecule has 0 spiro atoms. The Labute approximate surface area is 216 Å². The summed E-state index contributed by atoms with van der Waals surface area (Å²) in [6.07, 6.45) is 6.27. The lowest BCUT2D eigenvalue weighted by Crippen LogP contribution is -2.54. The van der Waals surface area contributed by atoms with Crippen molar-refractivity contribution in [2.24, 2.45) is 5.92 Å². The van der Waals surface area contributed by atoms with Crippen LogP contribution in [0.15, 0.2) is 49.1 Å². The maximum Gasteiger partial charge on any atom is 0.324 e. The van der Waals surface area contributed by atoms with E-state index in [1.54, 1.807) is 34.0 Å². The van der Waals surface area contributed by atoms with Gasteiger partial charge in [-0.3, -0.25) is 9.58 Å². The molecule has 1 atom stereocenters. The third-order valence-corrected chi connectivity index (χ3v) is 6.40. The van der Waals surface area contributed by atoms with E-state index in [2.05, 4.69) is 17.0 Å². The van der Waals surface area contributed by atoms with Crippen molar-refractivity contribution in [3.8, 4) is 17.2 Å². The monoisotopic (exact) mass is 511 g/mol. The number of anilines is 1. The number of urea groups is 1. The van der Waals surface area contributed by atoms with Gasteiger partial charge in [0.15, 0.2) is 11.5 Å². The summed E-state index contributed by atoms with van der Waals surface area (Å²) in [6, 6.07) is 9.68. The van der Waals surface area contributed by atoms with Crippen molar-refractivity contribution in [2.45, 2.75) is 39.3 Å². The number of nitrogens with zero attached hydrogens (tertiary/aromatic N) is 5. The van der Waals surface area contributed by atoms with Crippen LogP contribution in [0.1, 0.15) is 31.7 Å². The smallest absolute Gasteiger partial charge is 0.324 e. The quantitative estimate of drug-likeness (QED) is 0.326. The van der Waals surface area contributed by atoms with Crippen LogP contribution < -0.4 is 19.1 Å². The molecule has 10 heteroatoms. The average molecular weight is 512 g/mol. The zero-order chi connectivity index (χ0) is 26.2. The number of carbonyl (C=O) groups excluding carboxylic acids is 1. The van der Waals surface area contributed by atoms with Gasteiger partial charge in [0.05, 0.1) is 27.4 Å². The van der Waals surface area contributed by atoms with Crippen LogP contribution in [-0.4, -0.2) is 59.6 Å². The van der Waals surface area contributed by atoms with Gasteiger partial charge in [0.1, 0.15) is 24.2 Å². The normalized spacial score (nSPS) is 15.7. The fraction of sp³-hybridized carbons (Fsp3) is 0.444. The molecule has 1 aliphatic rings. The summed E-state index contributed by atoms with van der Waals surface area (Å²) < 4.78 is 32.8. The molecule has 9 nitrogen and oxygen atoms in total. The molecule has 1 fully saturated rings. The van der Waals surface area contributed by atoms with Crippen LogP contribution in [0.25, 0.3) is 0 Å². The predicted octanol–water partition coefficient (Wildman–Crippen LogP) is 4.76. The van der Waals surface area contributed by atoms with Gasteiger partial charge in [-0.05, 0) is 36.8 Å². The highest BCUT2D eigenvalue weighted by Gasteiger charge is 2.34. The Balaban J connectivity index is 1.62. The number of ether oxygens (including phenoxy) is 3. The number of unbranched alkanes of at least 4 members (excludes halogenated alkanes) is 2. The predicted molar refractivity (Wildman–Crippen MR) is 138 cm³/mol. The van der Waals surface area contributed by atoms with E-state index in [4.69, 9.17) is 14.2 Å². The molecular formula is C27H34FN5O4. The van der Waals surface area contributed by atoms with E-state index in [1.165, 1.54) is 25.6 Å². The molecule has 0 N–H and O–H groups in total. The molecule has 3 aromatic rings. The number of hydrogen-bond donors (Lipinski definition) is 0. The second-order valence-corrected chi connectivity index (χ2v) is 9.10. The van der Waals surface area contributed by atoms with Crippen molar-refractivity contribution in [2.75, 3.05) is 38.8 Å². The number of halogens is 1. The van der Waals surface area contributed by atoms with Crippen LogP contribution in [0, 0.1) is 11.7 Å². The van der Waals surface area contributed by atoms with Crippen LogP contribution in [0.3, 0.4) is 0 Å². The van der Waals surface area contributed by atoms with Gasteiger partial charge in [-0.15, -0.1) is 0 Å². The zero-order valence-corrected chi connectivity index (χ0v) is 21.6. The van der Waals surface area contributed by atoms with Crippen molar-refractivity contribution in [3.05, 3.63) is 60.4 Å². The topological polar surface area (TPSA) is 82.0 Å². The summed E-state index contributed by atoms with van der Waals surface area (Å²) in [5.74, 6) is 1.42. The Morgan fingerprint density at radius 1 is 1.03 bits per heavy atom. The molecule has 1 saturated heterocycles. The first-order chi connectivity index (χ1) is 18.0. The fourth-order valence-electron chi connectivity index (χ4n) is 4.57. The first-order valence-electron chi connectivity index (χ1n) is 12.5. The van der Waals surface area contributed by atoms with Gasteiger partial charge in [-0.1, -0.05) is 19.8 Å². The third-order valence-electron chi connectivity index (χ3n) is 6.40. The first kappa shape index (κ1) is 26.2. The highest BCUT2D eigenvalue weighted by Crippen LogP contribution is 2.34. The molecule has 1 unspecified atom stereocenters. The Morgan fingerprint density at radius 3 is 2.57 bits per heavy atom. The maximum atomic E-state index is 14.1. The van der Waals surface area contributed by atoms with E-state index in [9.17, 15) is 9.18 Å². The average Bonchev–Trinajstić information content (AvgIpc) is 3.41. The standard InChI is InChI=1S/C27H34FN5O4/c1-4-5-6-11-37-26-13-23(8-10-25(26)36-3)33-16-20(15-32-19-29-18-30-32)14-31(27(33)34)17-21-12-22(28)7-9-24(21)35-2/h7-10,12-13,18-20H,4-6,11,14-17H2,1-3H3. The van der Waals surface area contributed by atoms with Crippen LogP contribution in [0.4, 0.5) is 14.9 Å². The Kier molecular flexibility index (Phi) is 8.81. The minimum atomic E-state index is -0.378. The number of aromatic nitrogens is 3. The molecule has 1 aliphatic heterocycles. The van der Waals surface area contributed by atoms with Crippen molar-refractivity contribution < 1.29 is 23.4 Å². The number of rotatable bonds is 12. The molecule has 0 bridgehead atoms. The molecule has 2 amide bonds. The first-order valence-corrected chi connectivity index (χ1v) is 12.5. The zero-order valence-electron chi connectivity index (χ0n) is 21.6. The van der Waals surface area contributed by atoms with E-state index in [0.717, 1.165) is 19.3 Å². The number of amides is 2. The minimum Gasteiger partial charge on any atom is -0.496 e. The van der Waals surface area contributed by atoms with Gasteiger partial charge < -0.3 is 19.1 Å². The van der Waals surface area contributed by atoms with E-state index in [0.29, 0.717) is 54.7 Å². The molecule has 37 heavy (non-hydrogen) atoms. The summed E-state index contributed by atoms with van der Waals surface area (Å²) in [7, 11) is 3.14. The van der Waals surface area contributed by atoms with E-state index in [1.807, 2.05) is 18.2 Å². The molecule has 0 radical (unpaired) electrons. The molecule has 0 aliphatic carbocycles. The highest BCUT2D eigenvalue weighted by atomic mass is 19.1. The van der Waals surface area contributed by atoms with E-state index in [-0.39, 0.29) is 24.3 Å². The molecule has 2 heterocycles. The third kappa shape index (κ3) is 6.49. The molecule has 4 rings (SSSR count). The number of hydrogen-bond acceptors (Lipinski definition) is 6. The summed E-state index contributed by atoms with van der Waals surface area (Å²) in [5.41, 5.74) is 1.31. The van der Waals surface area contributed by atoms with Crippen molar-refractivity contribution in [1.82, 2.24) is 19.7 Å². The van der Waals surface area contributed by atoms with Crippen LogP contribution in [-0.2, 0) is 13.1 Å². The van der Waals surface area contributed by atoms with Gasteiger partial charge in [0.2, 0.25) is 0 Å². The van der Waals surface area contributed by atoms with Crippen molar-refractivity contribution in [1.29, 1.82) is 0 Å². The van der Waals surface area contributed by atoms with Crippen LogP contribution in [0.5, 0.6) is 17.2 Å². The maximum absolute atomic E-state index is 14.1. The van der Waals surface area contributed by atoms with Crippen LogP contribution >= 0.6 is 0 Å². The molecule has 2 aromatic carbocycles. The number of carbonyl (C=O) groups is 1. The van der Waals surface area contributed by atoms with E-state index < -0.39 is 0 Å². The minimum absolute atomic E-state index is 0.0509. The van der Waals surface area contributed by atoms with Gasteiger partial charge in [0, 0.05) is 42.9 Å². The molecule has 0 saturated carbocycles. The van der Waals surface area contributed by atoms with Gasteiger partial charge in [-0.2, -0.15) is 5.10 Å². The molecular weight excluding hydrogens is 477 g/mol. The molecule has 198 valence electrons. The largest absolute Gasteiger partial charge is 0.496 e. The lowest BCUT2D eigenvalue weighted by Gasteiger charge is -2.40. The van der Waals surface area contributed by atoms with Crippen LogP contribution in [0.2, 0.25) is 0 Å². The van der Waals surface area contributed by atoms with Gasteiger partial charge in [-0.25, -0.2) is 14.2 Å². The van der Waals surface area contributed by atoms with Gasteiger partial charge in [0.25, 0.3) is 0 Å². The van der Waals surface area contributed by atoms with Gasteiger partial charge >= 0.3 is 6.03 Å². The van der Waals surface area contributed by atoms with Crippen molar-refractivity contribution >= 4 is 11.7 Å². The number of methoxy groups -OCH3 is 2. The second kappa shape index (κ2) is 12.4. The Hall–Kier alpha value is -3.82. The SMILES string of the molecule is CCCCCOc1cc(N2CC(Cn3cncn3)CN(Cc3cc(F)ccc3OC)C2=O)ccc1OC. The highest BCUT2D eigenvalue weighted by molar-refractivity contribution is 5.93. The second-order valence-electron chi connectivity index (χ2n) is 9.10. The summed E-state index contributed by atoms with van der Waals surface area (Å²) in [6.45, 7) is 4.46. The number of benzene rings is 2. The Bertz CT molecular complexity index is 1170.